The summed E-state index contributed by atoms with van der Waals surface area (Å²) in [4.78, 5) is 4.89. The Morgan fingerprint density at radius 2 is 0.613 bits per heavy atom. The Labute approximate surface area is 530 Å². The molecule has 7 aromatic rings. The third kappa shape index (κ3) is 18.7. The summed E-state index contributed by atoms with van der Waals surface area (Å²) in [7, 11) is -0.673. The fourth-order valence-electron chi connectivity index (χ4n) is 10.2. The van der Waals surface area contributed by atoms with Crippen molar-refractivity contribution in [2.24, 2.45) is 10.9 Å². The topological polar surface area (TPSA) is 21.6 Å². The van der Waals surface area contributed by atoms with E-state index in [1.54, 1.807) is 0 Å². The molecule has 1 aliphatic carbocycles. The largest absolute Gasteiger partial charge is 0.475 e. The van der Waals surface area contributed by atoms with E-state index in [-0.39, 0.29) is 26.1 Å². The van der Waals surface area contributed by atoms with Gasteiger partial charge in [-0.1, -0.05) is 166 Å². The molecule has 0 amide bonds. The first kappa shape index (κ1) is 75.0. The SMILES string of the molecule is C1=C\CC/C=C\CC/1.CC(C)[C@H]1COC(c2ccccc2P(c2ccccc2)c2ccccc2)=N1.FC(F)(F)c1cc([B-](c2cc(C(F)(F)F)cc(C(F)(F)F)c2)(c2cc(C(F)(F)F)cc(C(F)(F)F)c2)c2cc(C(F)(F)F)cc(C(F)(F)F)c2)cc(C(F)(F)F)c1.[Ir]. The smallest absolute Gasteiger partial charge is 0.416 e. The second-order valence-corrected chi connectivity index (χ2v) is 23.6. The molecule has 9 rings (SSSR count). The predicted molar refractivity (Wildman–Crippen MR) is 303 cm³/mol. The maximum atomic E-state index is 14.2. The molecule has 0 spiro atoms. The number of benzene rings is 7. The molecule has 1 atom stereocenters. The molecule has 501 valence electrons. The zero-order valence-corrected chi connectivity index (χ0v) is 51.1. The first-order valence-corrected chi connectivity index (χ1v) is 28.7. The number of nitrogens with zero attached hydrogens (tertiary/aromatic N) is 1. The number of allylic oxidation sites excluding steroid dienone is 4. The maximum Gasteiger partial charge on any atom is 0.416 e. The van der Waals surface area contributed by atoms with Crippen molar-refractivity contribution in [3.63, 3.8) is 0 Å². The molecule has 0 fully saturated rings. The Balaban J connectivity index is 0.000000310. The van der Waals surface area contributed by atoms with E-state index in [4.69, 9.17) is 9.73 Å². The monoisotopic (exact) mass is 1540 g/mol. The van der Waals surface area contributed by atoms with Crippen LogP contribution in [-0.2, 0) is 74.3 Å². The summed E-state index contributed by atoms with van der Waals surface area (Å²) in [5.74, 6) is 1.28. The Morgan fingerprint density at radius 1 is 0.366 bits per heavy atom. The Hall–Kier alpha value is -7.05. The molecule has 0 N–H and O–H groups in total. The van der Waals surface area contributed by atoms with Gasteiger partial charge in [0.25, 0.3) is 0 Å². The minimum absolute atomic E-state index is 0. The van der Waals surface area contributed by atoms with Crippen LogP contribution < -0.4 is 37.8 Å². The van der Waals surface area contributed by atoms with Gasteiger partial charge in [0.15, 0.2) is 0 Å². The van der Waals surface area contributed by atoms with E-state index in [0.717, 1.165) is 11.5 Å². The molecule has 0 unspecified atom stereocenters. The molecule has 93 heavy (non-hydrogen) atoms. The van der Waals surface area contributed by atoms with Crippen LogP contribution in [0.4, 0.5) is 105 Å². The van der Waals surface area contributed by atoms with Crippen LogP contribution in [0.1, 0.15) is 89.6 Å². The van der Waals surface area contributed by atoms with Gasteiger partial charge < -0.3 is 4.74 Å². The van der Waals surface area contributed by atoms with Gasteiger partial charge in [-0.2, -0.15) is 127 Å². The van der Waals surface area contributed by atoms with Crippen LogP contribution in [0.25, 0.3) is 0 Å². The van der Waals surface area contributed by atoms with Crippen LogP contribution in [0.5, 0.6) is 0 Å². The van der Waals surface area contributed by atoms with Crippen molar-refractivity contribution < 1.29 is 130 Å². The molecule has 1 aliphatic heterocycles. The molecule has 0 saturated heterocycles. The normalized spacial score (nSPS) is 16.0. The number of halogens is 24. The number of ether oxygens (including phenoxy) is 1. The average molecular weight is 1540 g/mol. The minimum atomic E-state index is -6.13. The number of rotatable bonds is 9. The second kappa shape index (κ2) is 28.9. The van der Waals surface area contributed by atoms with Crippen LogP contribution in [0.3, 0.4) is 0 Å². The van der Waals surface area contributed by atoms with E-state index in [9.17, 15) is 105 Å². The summed E-state index contributed by atoms with van der Waals surface area (Å²) >= 11 is 0. The number of aliphatic imine (C=N–C) groups is 1. The van der Waals surface area contributed by atoms with Crippen LogP contribution in [-0.4, -0.2) is 24.7 Å². The van der Waals surface area contributed by atoms with Crippen LogP contribution >= 0.6 is 7.92 Å². The molecule has 2 aliphatic rings. The van der Waals surface area contributed by atoms with Gasteiger partial charge in [-0.15, -0.1) is 0 Å². The van der Waals surface area contributed by atoms with E-state index in [2.05, 4.69) is 123 Å². The standard InChI is InChI=1S/C32H12BF24.C24H24NOP.C8H12.Ir/c34-25(35,36)13-1-14(26(37,38)39)6-21(5-13)33(22-7-15(27(40,41)42)2-16(8-22)28(43,44)45,23-9-17(29(46,47)48)3-18(10-23)30(49,50)51)24-11-19(31(52,53)54)4-20(12-24)32(55,56)57;1-18(2)22-17-26-24(25-22)21-15-9-10-16-23(21)27(19-11-5-3-6-12-19)20-13-7-4-8-14-20;1-2-4-6-8-7-5-3-1;/h1-12H;3-16,18,22H,17H2,1-2H3;1-2,7-8H,3-6H2;/q-1;;;/b;;2-1-,8-7-;/t;22-;;/m.1../s1. The molecule has 1 radical (unpaired) electrons. The van der Waals surface area contributed by atoms with Crippen molar-refractivity contribution in [1.29, 1.82) is 0 Å². The van der Waals surface area contributed by atoms with Gasteiger partial charge in [-0.05, 0) is 85.8 Å². The van der Waals surface area contributed by atoms with Gasteiger partial charge in [0.05, 0.1) is 50.5 Å². The molecule has 0 bridgehead atoms. The third-order valence-corrected chi connectivity index (χ3v) is 17.1. The fraction of sp³-hybridized carbons (Fsp3) is 0.266. The molecule has 1 heterocycles. The number of alkyl halides is 24. The van der Waals surface area contributed by atoms with Crippen LogP contribution in [0, 0.1) is 5.92 Å². The fourth-order valence-corrected chi connectivity index (χ4v) is 12.7. The summed E-state index contributed by atoms with van der Waals surface area (Å²) < 4.78 is 347. The molecule has 0 aromatic heterocycles. The van der Waals surface area contributed by atoms with E-state index in [1.807, 2.05) is 0 Å². The van der Waals surface area contributed by atoms with Crippen LogP contribution in [0.2, 0.25) is 0 Å². The molecular formula is C64H48BF24IrNOP-. The zero-order valence-electron chi connectivity index (χ0n) is 47.8. The van der Waals surface area contributed by atoms with Crippen molar-refractivity contribution in [2.75, 3.05) is 6.61 Å². The summed E-state index contributed by atoms with van der Waals surface area (Å²) in [6.07, 6.45) is -40.8. The molecule has 2 nitrogen and oxygen atoms in total. The zero-order chi connectivity index (χ0) is 68.2. The molecular weight excluding hydrogens is 1490 g/mol. The van der Waals surface area contributed by atoms with E-state index in [1.165, 1.54) is 41.6 Å². The van der Waals surface area contributed by atoms with Gasteiger partial charge in [0, 0.05) is 25.7 Å². The Morgan fingerprint density at radius 3 is 0.849 bits per heavy atom. The molecule has 29 heteroatoms. The van der Waals surface area contributed by atoms with Crippen molar-refractivity contribution in [3.05, 3.63) is 232 Å². The first-order valence-electron chi connectivity index (χ1n) is 27.4. The van der Waals surface area contributed by atoms with Crippen molar-refractivity contribution in [1.82, 2.24) is 0 Å². The predicted octanol–water partition coefficient (Wildman–Crippen LogP) is 18.1. The summed E-state index contributed by atoms with van der Waals surface area (Å²) in [5.41, 5.74) is -29.1. The van der Waals surface area contributed by atoms with Crippen molar-refractivity contribution in [3.8, 4) is 0 Å². The summed E-state index contributed by atoms with van der Waals surface area (Å²) in [6.45, 7) is 5.08. The second-order valence-electron chi connectivity index (χ2n) is 21.4. The number of hydrogen-bond donors (Lipinski definition) is 0. The van der Waals surface area contributed by atoms with Crippen molar-refractivity contribution in [2.45, 2.75) is 95.0 Å². The molecule has 0 saturated carbocycles. The molecule has 7 aromatic carbocycles. The first-order chi connectivity index (χ1) is 42.5. The quantitative estimate of drug-likeness (QED) is 0.0611. The van der Waals surface area contributed by atoms with Gasteiger partial charge in [-0.25, -0.2) is 4.99 Å². The van der Waals surface area contributed by atoms with E-state index >= 15 is 0 Å². The third-order valence-electron chi connectivity index (χ3n) is 14.6. The summed E-state index contributed by atoms with van der Waals surface area (Å²) in [6, 6.07) is 21.5. The van der Waals surface area contributed by atoms with E-state index < -0.39 is 203 Å². The van der Waals surface area contributed by atoms with E-state index in [0.29, 0.717) is 12.5 Å². The summed E-state index contributed by atoms with van der Waals surface area (Å²) in [5, 5.41) is 3.98. The van der Waals surface area contributed by atoms with Gasteiger partial charge in [0.1, 0.15) is 12.8 Å². The Kier molecular flexibility index (Phi) is 23.3. The Bertz CT molecular complexity index is 3270. The maximum absolute atomic E-state index is 14.2. The minimum Gasteiger partial charge on any atom is -0.475 e. The van der Waals surface area contributed by atoms with Gasteiger partial charge in [-0.3, -0.25) is 0 Å². The van der Waals surface area contributed by atoms with Gasteiger partial charge in [0.2, 0.25) is 5.90 Å². The van der Waals surface area contributed by atoms with Crippen molar-refractivity contribution >= 4 is 57.7 Å². The van der Waals surface area contributed by atoms with Crippen LogP contribution in [0.15, 0.2) is 187 Å². The van der Waals surface area contributed by atoms with Gasteiger partial charge >= 0.3 is 49.4 Å². The number of hydrogen-bond acceptors (Lipinski definition) is 2. The average Bonchev–Trinajstić information content (AvgIpc) is 0.989.